The van der Waals surface area contributed by atoms with Gasteiger partial charge in [-0.05, 0) is 42.5 Å². The van der Waals surface area contributed by atoms with Crippen LogP contribution >= 0.6 is 23.4 Å². The average Bonchev–Trinajstić information content (AvgIpc) is 3.39. The molecule has 4 rings (SSSR count). The van der Waals surface area contributed by atoms with Crippen molar-refractivity contribution in [1.82, 2.24) is 14.8 Å². The van der Waals surface area contributed by atoms with Gasteiger partial charge >= 0.3 is 0 Å². The summed E-state index contributed by atoms with van der Waals surface area (Å²) in [5.41, 5.74) is 8.95. The Hall–Kier alpha value is -1.86. The summed E-state index contributed by atoms with van der Waals surface area (Å²) >= 11 is 7.69. The van der Waals surface area contributed by atoms with Gasteiger partial charge in [0.05, 0.1) is 18.7 Å². The van der Waals surface area contributed by atoms with Crippen LogP contribution in [-0.4, -0.2) is 27.5 Å². The largest absolute Gasteiger partial charge is 0.376 e. The summed E-state index contributed by atoms with van der Waals surface area (Å²) in [4.78, 5) is 0. The minimum absolute atomic E-state index is 0.198. The van der Waals surface area contributed by atoms with E-state index >= 15 is 0 Å². The molecule has 29 heavy (non-hydrogen) atoms. The van der Waals surface area contributed by atoms with Crippen molar-refractivity contribution in [2.24, 2.45) is 5.73 Å². The van der Waals surface area contributed by atoms with Crippen LogP contribution in [0.1, 0.15) is 35.8 Å². The molecule has 2 atom stereocenters. The predicted octanol–water partition coefficient (Wildman–Crippen LogP) is 4.65. The van der Waals surface area contributed by atoms with Gasteiger partial charge in [0.15, 0.2) is 11.0 Å². The summed E-state index contributed by atoms with van der Waals surface area (Å²) in [5, 5.41) is 10.6. The van der Waals surface area contributed by atoms with Crippen molar-refractivity contribution in [1.29, 1.82) is 0 Å². The van der Waals surface area contributed by atoms with E-state index in [4.69, 9.17) is 22.1 Å². The number of thioether (sulfide) groups is 1. The quantitative estimate of drug-likeness (QED) is 0.529. The zero-order chi connectivity index (χ0) is 20.1. The van der Waals surface area contributed by atoms with E-state index in [0.717, 1.165) is 53.3 Å². The maximum atomic E-state index is 6.55. The van der Waals surface area contributed by atoms with E-state index in [0.29, 0.717) is 6.42 Å². The third-order valence-electron chi connectivity index (χ3n) is 5.07. The highest BCUT2D eigenvalue weighted by Crippen LogP contribution is 2.27. The van der Waals surface area contributed by atoms with Gasteiger partial charge in [-0.15, -0.1) is 10.2 Å². The molecule has 1 aromatic heterocycles. The fraction of sp³-hybridized carbons (Fsp3) is 0.364. The van der Waals surface area contributed by atoms with Crippen LogP contribution in [0.4, 0.5) is 0 Å². The van der Waals surface area contributed by atoms with E-state index in [9.17, 15) is 0 Å². The van der Waals surface area contributed by atoms with Gasteiger partial charge in [0.2, 0.25) is 0 Å². The van der Waals surface area contributed by atoms with E-state index < -0.39 is 0 Å². The Balaban J connectivity index is 1.53. The maximum absolute atomic E-state index is 6.55. The average molecular weight is 429 g/mol. The van der Waals surface area contributed by atoms with Crippen molar-refractivity contribution in [3.63, 3.8) is 0 Å². The smallest absolute Gasteiger partial charge is 0.191 e. The van der Waals surface area contributed by atoms with Gasteiger partial charge in [0.25, 0.3) is 0 Å². The van der Waals surface area contributed by atoms with Crippen molar-refractivity contribution < 1.29 is 4.74 Å². The van der Waals surface area contributed by atoms with E-state index in [1.54, 1.807) is 11.8 Å². The normalized spacial score (nSPS) is 17.5. The molecule has 0 radical (unpaired) electrons. The van der Waals surface area contributed by atoms with Gasteiger partial charge in [-0.2, -0.15) is 0 Å². The van der Waals surface area contributed by atoms with Gasteiger partial charge in [-0.1, -0.05) is 65.8 Å². The minimum atomic E-state index is -0.240. The van der Waals surface area contributed by atoms with Crippen LogP contribution in [0.2, 0.25) is 5.02 Å². The third kappa shape index (κ3) is 5.39. The molecule has 1 fully saturated rings. The number of benzene rings is 2. The van der Waals surface area contributed by atoms with E-state index in [1.165, 1.54) is 5.56 Å². The van der Waals surface area contributed by atoms with Gasteiger partial charge in [0, 0.05) is 17.4 Å². The molecule has 2 unspecified atom stereocenters. The fourth-order valence-electron chi connectivity index (χ4n) is 3.53. The maximum Gasteiger partial charge on any atom is 0.191 e. The Kier molecular flexibility index (Phi) is 6.87. The highest BCUT2D eigenvalue weighted by atomic mass is 35.5. The lowest BCUT2D eigenvalue weighted by atomic mass is 10.1. The third-order valence-corrected chi connectivity index (χ3v) is 6.36. The number of ether oxygens (including phenoxy) is 1. The zero-order valence-electron chi connectivity index (χ0n) is 16.2. The SMILES string of the molecule is NC(Cc1ccc(Cl)cc1)c1nnc(SCc2ccccc2)n1CC1CCCO1. The standard InChI is InChI=1S/C22H25ClN4OS/c23-18-10-8-16(9-11-18)13-20(24)21-25-26-22(27(21)14-19-7-4-12-28-19)29-15-17-5-2-1-3-6-17/h1-3,5-6,8-11,19-20H,4,7,12-15,24H2. The lowest BCUT2D eigenvalue weighted by Gasteiger charge is -2.18. The van der Waals surface area contributed by atoms with Crippen LogP contribution in [0, 0.1) is 0 Å². The number of nitrogens with zero attached hydrogens (tertiary/aromatic N) is 3. The molecular formula is C22H25ClN4OS. The Morgan fingerprint density at radius 3 is 2.62 bits per heavy atom. The fourth-order valence-corrected chi connectivity index (χ4v) is 4.57. The second-order valence-corrected chi connectivity index (χ2v) is 8.68. The van der Waals surface area contributed by atoms with E-state index in [-0.39, 0.29) is 12.1 Å². The molecule has 2 aromatic carbocycles. The van der Waals surface area contributed by atoms with Crippen molar-refractivity contribution in [2.45, 2.75) is 48.9 Å². The van der Waals surface area contributed by atoms with Crippen LogP contribution in [0.5, 0.6) is 0 Å². The monoisotopic (exact) mass is 428 g/mol. The highest BCUT2D eigenvalue weighted by molar-refractivity contribution is 7.98. The molecule has 2 heterocycles. The van der Waals surface area contributed by atoms with Crippen LogP contribution < -0.4 is 5.73 Å². The second kappa shape index (κ2) is 9.76. The van der Waals surface area contributed by atoms with Gasteiger partial charge in [0.1, 0.15) is 0 Å². The van der Waals surface area contributed by atoms with Gasteiger partial charge in [-0.25, -0.2) is 0 Å². The Morgan fingerprint density at radius 1 is 1.10 bits per heavy atom. The molecule has 1 aliphatic rings. The van der Waals surface area contributed by atoms with Crippen molar-refractivity contribution in [3.8, 4) is 0 Å². The Bertz CT molecular complexity index is 910. The topological polar surface area (TPSA) is 66.0 Å². The summed E-state index contributed by atoms with van der Waals surface area (Å²) in [6.45, 7) is 1.57. The Labute approximate surface area is 180 Å². The van der Waals surface area contributed by atoms with Crippen molar-refractivity contribution in [3.05, 3.63) is 76.6 Å². The first-order valence-electron chi connectivity index (χ1n) is 9.90. The molecule has 0 aliphatic carbocycles. The molecule has 3 aromatic rings. The summed E-state index contributed by atoms with van der Waals surface area (Å²) in [6, 6.07) is 18.0. The first kappa shape index (κ1) is 20.4. The lowest BCUT2D eigenvalue weighted by molar-refractivity contribution is 0.0938. The second-order valence-electron chi connectivity index (χ2n) is 7.30. The molecule has 152 valence electrons. The van der Waals surface area contributed by atoms with Crippen molar-refractivity contribution >= 4 is 23.4 Å². The van der Waals surface area contributed by atoms with Gasteiger partial charge < -0.3 is 15.0 Å². The summed E-state index contributed by atoms with van der Waals surface area (Å²) < 4.78 is 8.03. The molecule has 1 saturated heterocycles. The van der Waals surface area contributed by atoms with Crippen LogP contribution in [0.3, 0.4) is 0 Å². The molecule has 0 bridgehead atoms. The van der Waals surface area contributed by atoms with Gasteiger partial charge in [-0.3, -0.25) is 0 Å². The molecule has 0 saturated carbocycles. The van der Waals surface area contributed by atoms with Crippen LogP contribution in [-0.2, 0) is 23.5 Å². The summed E-state index contributed by atoms with van der Waals surface area (Å²) in [6.07, 6.45) is 3.05. The molecule has 5 nitrogen and oxygen atoms in total. The number of hydrogen-bond donors (Lipinski definition) is 1. The molecule has 0 spiro atoms. The number of hydrogen-bond acceptors (Lipinski definition) is 5. The van der Waals surface area contributed by atoms with E-state index in [2.05, 4.69) is 39.0 Å². The minimum Gasteiger partial charge on any atom is -0.376 e. The molecule has 0 amide bonds. The number of halogens is 1. The first-order valence-corrected chi connectivity index (χ1v) is 11.3. The first-order chi connectivity index (χ1) is 14.2. The zero-order valence-corrected chi connectivity index (χ0v) is 17.8. The molecule has 7 heteroatoms. The number of nitrogens with two attached hydrogens (primary N) is 1. The van der Waals surface area contributed by atoms with Crippen LogP contribution in [0.25, 0.3) is 0 Å². The molecule has 2 N–H and O–H groups in total. The lowest BCUT2D eigenvalue weighted by Crippen LogP contribution is -2.23. The summed E-state index contributed by atoms with van der Waals surface area (Å²) in [7, 11) is 0. The van der Waals surface area contributed by atoms with E-state index in [1.807, 2.05) is 30.3 Å². The number of rotatable bonds is 8. The summed E-state index contributed by atoms with van der Waals surface area (Å²) in [5.74, 6) is 1.66. The Morgan fingerprint density at radius 2 is 1.90 bits per heavy atom. The van der Waals surface area contributed by atoms with Crippen LogP contribution in [0.15, 0.2) is 59.8 Å². The van der Waals surface area contributed by atoms with Crippen molar-refractivity contribution in [2.75, 3.05) is 6.61 Å². The number of aromatic nitrogens is 3. The molecular weight excluding hydrogens is 404 g/mol. The predicted molar refractivity (Wildman–Crippen MR) is 117 cm³/mol. The molecule has 1 aliphatic heterocycles. The highest BCUT2D eigenvalue weighted by Gasteiger charge is 2.24.